The van der Waals surface area contributed by atoms with Gasteiger partial charge in [-0.3, -0.25) is 4.79 Å². The second-order valence-corrected chi connectivity index (χ2v) is 6.48. The zero-order valence-electron chi connectivity index (χ0n) is 15.4. The molecule has 1 aromatic carbocycles. The zero-order chi connectivity index (χ0) is 20.2. The van der Waals surface area contributed by atoms with E-state index < -0.39 is 11.6 Å². The van der Waals surface area contributed by atoms with Crippen LogP contribution in [0.25, 0.3) is 0 Å². The molecule has 9 heteroatoms. The van der Waals surface area contributed by atoms with Crippen molar-refractivity contribution >= 4 is 23.2 Å². The number of hydrogen-bond donors (Lipinski definition) is 1. The Labute approximate surface area is 166 Å². The fraction of sp³-hybridized carbons (Fsp3) is 0.200. The summed E-state index contributed by atoms with van der Waals surface area (Å²) in [4.78, 5) is 29.0. The van der Waals surface area contributed by atoms with Crippen LogP contribution in [0.4, 0.5) is 26.1 Å². The summed E-state index contributed by atoms with van der Waals surface area (Å²) in [5.74, 6) is -0.952. The third-order valence-electron chi connectivity index (χ3n) is 4.62. The molecule has 29 heavy (non-hydrogen) atoms. The number of carbonyl (C=O) groups excluding carboxylic acids is 1. The number of piperazine rings is 1. The van der Waals surface area contributed by atoms with Crippen LogP contribution in [0, 0.1) is 11.6 Å². The molecule has 3 heterocycles. The van der Waals surface area contributed by atoms with Gasteiger partial charge in [-0.2, -0.15) is 0 Å². The van der Waals surface area contributed by atoms with E-state index in [2.05, 4.69) is 20.3 Å². The predicted molar refractivity (Wildman–Crippen MR) is 104 cm³/mol. The van der Waals surface area contributed by atoms with Gasteiger partial charge in [-0.1, -0.05) is 6.07 Å². The van der Waals surface area contributed by atoms with E-state index in [0.29, 0.717) is 37.8 Å². The molecule has 0 radical (unpaired) electrons. The topological polar surface area (TPSA) is 74.2 Å². The van der Waals surface area contributed by atoms with Gasteiger partial charge in [-0.25, -0.2) is 23.7 Å². The number of amides is 1. The number of nitrogens with zero attached hydrogens (tertiary/aromatic N) is 5. The average molecular weight is 396 g/mol. The number of halogens is 2. The zero-order valence-corrected chi connectivity index (χ0v) is 15.4. The molecule has 0 aliphatic carbocycles. The molecule has 1 aliphatic rings. The van der Waals surface area contributed by atoms with Crippen molar-refractivity contribution in [2.45, 2.75) is 0 Å². The number of para-hydroxylation sites is 1. The van der Waals surface area contributed by atoms with E-state index in [1.54, 1.807) is 29.4 Å². The van der Waals surface area contributed by atoms with Gasteiger partial charge in [0.25, 0.3) is 5.91 Å². The number of hydrogen-bond acceptors (Lipinski definition) is 6. The fourth-order valence-corrected chi connectivity index (χ4v) is 3.08. The van der Waals surface area contributed by atoms with Crippen molar-refractivity contribution in [2.24, 2.45) is 0 Å². The first-order chi connectivity index (χ1) is 14.1. The Hall–Kier alpha value is -3.62. The second kappa shape index (κ2) is 8.17. The number of nitrogens with one attached hydrogen (secondary N) is 1. The number of carbonyl (C=O) groups is 1. The third-order valence-corrected chi connectivity index (χ3v) is 4.62. The van der Waals surface area contributed by atoms with Gasteiger partial charge in [0.15, 0.2) is 0 Å². The summed E-state index contributed by atoms with van der Waals surface area (Å²) in [5.41, 5.74) is 0.401. The number of pyridine rings is 1. The third kappa shape index (κ3) is 4.13. The van der Waals surface area contributed by atoms with E-state index in [0.717, 1.165) is 12.1 Å². The van der Waals surface area contributed by atoms with Gasteiger partial charge in [-0.15, -0.1) is 0 Å². The lowest BCUT2D eigenvalue weighted by atomic mass is 10.2. The summed E-state index contributed by atoms with van der Waals surface area (Å²) >= 11 is 0. The minimum absolute atomic E-state index is 0.192. The smallest absolute Gasteiger partial charge is 0.272 e. The second-order valence-electron chi connectivity index (χ2n) is 6.48. The van der Waals surface area contributed by atoms with E-state index in [9.17, 15) is 13.6 Å². The molecular weight excluding hydrogens is 378 g/mol. The molecule has 1 saturated heterocycles. The van der Waals surface area contributed by atoms with Crippen LogP contribution in [-0.4, -0.2) is 51.9 Å². The Bertz CT molecular complexity index is 971. The van der Waals surface area contributed by atoms with E-state index in [1.807, 2.05) is 4.90 Å². The van der Waals surface area contributed by atoms with Gasteiger partial charge < -0.3 is 15.1 Å². The van der Waals surface area contributed by atoms with Crippen molar-refractivity contribution in [2.75, 3.05) is 36.4 Å². The van der Waals surface area contributed by atoms with Crippen molar-refractivity contribution in [3.63, 3.8) is 0 Å². The highest BCUT2D eigenvalue weighted by molar-refractivity contribution is 5.92. The lowest BCUT2D eigenvalue weighted by Crippen LogP contribution is -2.49. The molecule has 3 aromatic rings. The van der Waals surface area contributed by atoms with Gasteiger partial charge in [-0.05, 0) is 30.3 Å². The SMILES string of the molecule is O=C(c1ccc(Nc2c(F)cccc2F)cn1)N1CCN(c2ncccn2)CC1. The highest BCUT2D eigenvalue weighted by Gasteiger charge is 2.24. The molecule has 4 rings (SSSR count). The molecule has 0 unspecified atom stereocenters. The Balaban J connectivity index is 1.39. The monoisotopic (exact) mass is 396 g/mol. The highest BCUT2D eigenvalue weighted by Crippen LogP contribution is 2.23. The summed E-state index contributed by atoms with van der Waals surface area (Å²) < 4.78 is 27.5. The summed E-state index contributed by atoms with van der Waals surface area (Å²) in [7, 11) is 0. The molecule has 0 saturated carbocycles. The Kier molecular flexibility index (Phi) is 5.28. The quantitative estimate of drug-likeness (QED) is 0.731. The molecule has 7 nitrogen and oxygen atoms in total. The first-order valence-corrected chi connectivity index (χ1v) is 9.10. The number of rotatable bonds is 4. The molecule has 1 aliphatic heterocycles. The van der Waals surface area contributed by atoms with Crippen molar-refractivity contribution in [3.8, 4) is 0 Å². The largest absolute Gasteiger partial charge is 0.349 e. The fourth-order valence-electron chi connectivity index (χ4n) is 3.08. The minimum atomic E-state index is -0.703. The maximum absolute atomic E-state index is 13.7. The number of anilines is 3. The van der Waals surface area contributed by atoms with Gasteiger partial charge in [0.1, 0.15) is 23.0 Å². The first-order valence-electron chi connectivity index (χ1n) is 9.10. The maximum Gasteiger partial charge on any atom is 0.272 e. The van der Waals surface area contributed by atoms with Crippen molar-refractivity contribution in [1.82, 2.24) is 19.9 Å². The Morgan fingerprint density at radius 1 is 0.897 bits per heavy atom. The summed E-state index contributed by atoms with van der Waals surface area (Å²) in [6.07, 6.45) is 4.76. The molecule has 1 N–H and O–H groups in total. The van der Waals surface area contributed by atoms with Gasteiger partial charge >= 0.3 is 0 Å². The van der Waals surface area contributed by atoms with Crippen LogP contribution in [0.3, 0.4) is 0 Å². The predicted octanol–water partition coefficient (Wildman–Crippen LogP) is 2.86. The van der Waals surface area contributed by atoms with Crippen molar-refractivity contribution < 1.29 is 13.6 Å². The van der Waals surface area contributed by atoms with E-state index >= 15 is 0 Å². The van der Waals surface area contributed by atoms with Gasteiger partial charge in [0.05, 0.1) is 11.9 Å². The summed E-state index contributed by atoms with van der Waals surface area (Å²) in [5, 5.41) is 2.65. The van der Waals surface area contributed by atoms with Crippen LogP contribution < -0.4 is 10.2 Å². The molecule has 0 spiro atoms. The summed E-state index contributed by atoms with van der Waals surface area (Å²) in [6.45, 7) is 2.31. The molecule has 1 fully saturated rings. The molecule has 0 atom stereocenters. The number of benzene rings is 1. The lowest BCUT2D eigenvalue weighted by molar-refractivity contribution is 0.0740. The Morgan fingerprint density at radius 3 is 2.21 bits per heavy atom. The average Bonchev–Trinajstić information content (AvgIpc) is 2.77. The van der Waals surface area contributed by atoms with E-state index in [-0.39, 0.29) is 17.3 Å². The van der Waals surface area contributed by atoms with Crippen molar-refractivity contribution in [3.05, 3.63) is 72.3 Å². The highest BCUT2D eigenvalue weighted by atomic mass is 19.1. The molecule has 1 amide bonds. The van der Waals surface area contributed by atoms with Crippen LogP contribution in [-0.2, 0) is 0 Å². The lowest BCUT2D eigenvalue weighted by Gasteiger charge is -2.34. The van der Waals surface area contributed by atoms with Crippen LogP contribution >= 0.6 is 0 Å². The molecular formula is C20H18F2N6O. The Morgan fingerprint density at radius 2 is 1.59 bits per heavy atom. The van der Waals surface area contributed by atoms with Crippen molar-refractivity contribution in [1.29, 1.82) is 0 Å². The normalized spacial score (nSPS) is 14.0. The molecule has 148 valence electrons. The maximum atomic E-state index is 13.7. The molecule has 2 aromatic heterocycles. The van der Waals surface area contributed by atoms with Gasteiger partial charge in [0.2, 0.25) is 5.95 Å². The minimum Gasteiger partial charge on any atom is -0.349 e. The standard InChI is InChI=1S/C20H18F2N6O/c21-15-3-1-4-16(22)18(15)26-14-5-6-17(25-13-14)19(29)27-9-11-28(12-10-27)20-23-7-2-8-24-20/h1-8,13,26H,9-12H2. The van der Waals surface area contributed by atoms with E-state index in [1.165, 1.54) is 18.3 Å². The first kappa shape index (κ1) is 18.7. The van der Waals surface area contributed by atoms with Crippen LogP contribution in [0.15, 0.2) is 55.0 Å². The van der Waals surface area contributed by atoms with E-state index in [4.69, 9.17) is 0 Å². The molecule has 0 bridgehead atoms. The van der Waals surface area contributed by atoms with Gasteiger partial charge in [0, 0.05) is 38.6 Å². The van der Waals surface area contributed by atoms with Crippen LogP contribution in [0.1, 0.15) is 10.5 Å². The summed E-state index contributed by atoms with van der Waals surface area (Å²) in [6, 6.07) is 8.48. The van der Waals surface area contributed by atoms with Crippen LogP contribution in [0.5, 0.6) is 0 Å². The van der Waals surface area contributed by atoms with Crippen LogP contribution in [0.2, 0.25) is 0 Å². The number of aromatic nitrogens is 3.